The second-order valence-corrected chi connectivity index (χ2v) is 5.76. The number of hydrogen-bond acceptors (Lipinski definition) is 3. The van der Waals surface area contributed by atoms with Gasteiger partial charge >= 0.3 is 0 Å². The van der Waals surface area contributed by atoms with Crippen molar-refractivity contribution < 1.29 is 4.74 Å². The van der Waals surface area contributed by atoms with Crippen molar-refractivity contribution in [3.8, 4) is 5.75 Å². The second-order valence-electron chi connectivity index (χ2n) is 4.54. The summed E-state index contributed by atoms with van der Waals surface area (Å²) in [5.41, 5.74) is 8.28. The zero-order chi connectivity index (χ0) is 13.7. The number of rotatable bonds is 6. The van der Waals surface area contributed by atoms with Crippen molar-refractivity contribution in [2.24, 2.45) is 5.73 Å². The first-order chi connectivity index (χ1) is 9.19. The highest BCUT2D eigenvalue weighted by Gasteiger charge is 2.09. The van der Waals surface area contributed by atoms with E-state index in [4.69, 9.17) is 22.1 Å². The molecule has 0 aliphatic heterocycles. The molecule has 0 saturated carbocycles. The van der Waals surface area contributed by atoms with Gasteiger partial charge in [-0.3, -0.25) is 0 Å². The van der Waals surface area contributed by atoms with Crippen molar-refractivity contribution in [3.05, 3.63) is 51.2 Å². The molecule has 2 aromatic rings. The third-order valence-corrected chi connectivity index (χ3v) is 3.97. The lowest BCUT2D eigenvalue weighted by atomic mass is 10.0. The molecule has 2 N–H and O–H groups in total. The van der Waals surface area contributed by atoms with E-state index in [1.165, 1.54) is 5.56 Å². The lowest BCUT2D eigenvalue weighted by Crippen LogP contribution is -2.21. The number of ether oxygens (including phenoxy) is 1. The van der Waals surface area contributed by atoms with Crippen molar-refractivity contribution in [2.75, 3.05) is 0 Å². The highest BCUT2D eigenvalue weighted by atomic mass is 35.5. The van der Waals surface area contributed by atoms with Gasteiger partial charge in [-0.2, -0.15) is 11.3 Å². The van der Waals surface area contributed by atoms with Crippen molar-refractivity contribution >= 4 is 22.9 Å². The number of nitrogens with two attached hydrogens (primary N) is 1. The normalized spacial score (nSPS) is 12.4. The fourth-order valence-electron chi connectivity index (χ4n) is 1.81. The molecule has 0 aliphatic carbocycles. The molecular formula is C15H18ClNOS. The lowest BCUT2D eigenvalue weighted by Gasteiger charge is -2.14. The van der Waals surface area contributed by atoms with E-state index in [0.717, 1.165) is 29.2 Å². The fourth-order valence-corrected chi connectivity index (χ4v) is 2.66. The minimum atomic E-state index is 0.141. The molecule has 0 amide bonds. The summed E-state index contributed by atoms with van der Waals surface area (Å²) >= 11 is 7.72. The highest BCUT2D eigenvalue weighted by Crippen LogP contribution is 2.25. The van der Waals surface area contributed by atoms with Gasteiger partial charge in [0.1, 0.15) is 12.4 Å². The van der Waals surface area contributed by atoms with Gasteiger partial charge in [0.15, 0.2) is 0 Å². The van der Waals surface area contributed by atoms with Gasteiger partial charge < -0.3 is 10.5 Å². The molecule has 0 radical (unpaired) electrons. The summed E-state index contributed by atoms with van der Waals surface area (Å²) < 4.78 is 5.87. The van der Waals surface area contributed by atoms with Crippen LogP contribution in [0, 0.1) is 0 Å². The number of halogens is 1. The Hall–Kier alpha value is -1.03. The van der Waals surface area contributed by atoms with Gasteiger partial charge in [0.25, 0.3) is 0 Å². The van der Waals surface area contributed by atoms with E-state index in [0.29, 0.717) is 6.61 Å². The van der Waals surface area contributed by atoms with Crippen LogP contribution in [0.1, 0.15) is 24.5 Å². The van der Waals surface area contributed by atoms with E-state index in [2.05, 4.69) is 23.8 Å². The van der Waals surface area contributed by atoms with Crippen LogP contribution in [-0.2, 0) is 13.0 Å². The second kappa shape index (κ2) is 6.94. The topological polar surface area (TPSA) is 35.2 Å². The van der Waals surface area contributed by atoms with Gasteiger partial charge in [-0.05, 0) is 59.0 Å². The lowest BCUT2D eigenvalue weighted by molar-refractivity contribution is 0.302. The Balaban J connectivity index is 2.09. The minimum Gasteiger partial charge on any atom is -0.489 e. The van der Waals surface area contributed by atoms with Crippen LogP contribution >= 0.6 is 22.9 Å². The third kappa shape index (κ3) is 4.23. The molecule has 2 rings (SSSR count). The summed E-state index contributed by atoms with van der Waals surface area (Å²) in [6.07, 6.45) is 1.73. The minimum absolute atomic E-state index is 0.141. The molecule has 102 valence electrons. The Morgan fingerprint density at radius 2 is 2.21 bits per heavy atom. The molecular weight excluding hydrogens is 278 g/mol. The van der Waals surface area contributed by atoms with Crippen molar-refractivity contribution in [2.45, 2.75) is 32.4 Å². The summed E-state index contributed by atoms with van der Waals surface area (Å²) in [5, 5.41) is 4.86. The molecule has 19 heavy (non-hydrogen) atoms. The average molecular weight is 296 g/mol. The Morgan fingerprint density at radius 1 is 1.37 bits per heavy atom. The Morgan fingerprint density at radius 3 is 2.89 bits per heavy atom. The van der Waals surface area contributed by atoms with Gasteiger partial charge in [0.05, 0.1) is 0 Å². The summed E-state index contributed by atoms with van der Waals surface area (Å²) in [7, 11) is 0. The molecule has 0 bridgehead atoms. The first-order valence-corrected chi connectivity index (χ1v) is 7.69. The quantitative estimate of drug-likeness (QED) is 0.864. The summed E-state index contributed by atoms with van der Waals surface area (Å²) in [6.45, 7) is 2.67. The van der Waals surface area contributed by atoms with Crippen molar-refractivity contribution in [1.82, 2.24) is 0 Å². The maximum absolute atomic E-state index is 6.05. The van der Waals surface area contributed by atoms with Crippen LogP contribution in [0.25, 0.3) is 0 Å². The van der Waals surface area contributed by atoms with Gasteiger partial charge in [0.2, 0.25) is 0 Å². The summed E-state index contributed by atoms with van der Waals surface area (Å²) in [5.74, 6) is 0.875. The standard InChI is InChI=1S/C15H18ClNOS/c1-2-14(17)8-12-7-13(16)3-4-15(12)18-9-11-5-6-19-10-11/h3-7,10,14H,2,8-9,17H2,1H3. The molecule has 4 heteroatoms. The summed E-state index contributed by atoms with van der Waals surface area (Å²) in [4.78, 5) is 0. The molecule has 0 saturated heterocycles. The van der Waals surface area contributed by atoms with Gasteiger partial charge in [-0.25, -0.2) is 0 Å². The van der Waals surface area contributed by atoms with E-state index in [1.54, 1.807) is 11.3 Å². The van der Waals surface area contributed by atoms with E-state index >= 15 is 0 Å². The Kier molecular flexibility index (Phi) is 5.25. The van der Waals surface area contributed by atoms with Crippen molar-refractivity contribution in [3.63, 3.8) is 0 Å². The van der Waals surface area contributed by atoms with Crippen LogP contribution < -0.4 is 10.5 Å². The number of hydrogen-bond donors (Lipinski definition) is 1. The zero-order valence-corrected chi connectivity index (χ0v) is 12.5. The average Bonchev–Trinajstić information content (AvgIpc) is 2.91. The number of benzene rings is 1. The van der Waals surface area contributed by atoms with E-state index < -0.39 is 0 Å². The van der Waals surface area contributed by atoms with Crippen LogP contribution in [0.2, 0.25) is 5.02 Å². The van der Waals surface area contributed by atoms with Crippen molar-refractivity contribution in [1.29, 1.82) is 0 Å². The summed E-state index contributed by atoms with van der Waals surface area (Å²) in [6, 6.07) is 7.93. The predicted octanol–water partition coefficient (Wildman–Crippen LogP) is 4.26. The molecule has 1 heterocycles. The Bertz CT molecular complexity index is 513. The zero-order valence-electron chi connectivity index (χ0n) is 10.9. The molecule has 1 unspecified atom stereocenters. The smallest absolute Gasteiger partial charge is 0.123 e. The molecule has 0 spiro atoms. The van der Waals surface area contributed by atoms with Crippen LogP contribution in [0.4, 0.5) is 0 Å². The Labute approximate surface area is 123 Å². The van der Waals surface area contributed by atoms with Gasteiger partial charge in [0, 0.05) is 11.1 Å². The van der Waals surface area contributed by atoms with Crippen LogP contribution in [0.5, 0.6) is 5.75 Å². The van der Waals surface area contributed by atoms with Crippen LogP contribution in [0.15, 0.2) is 35.0 Å². The van der Waals surface area contributed by atoms with E-state index in [1.807, 2.05) is 18.2 Å². The third-order valence-electron chi connectivity index (χ3n) is 3.00. The molecule has 1 aromatic carbocycles. The first kappa shape index (κ1) is 14.4. The maximum Gasteiger partial charge on any atom is 0.123 e. The SMILES string of the molecule is CCC(N)Cc1cc(Cl)ccc1OCc1ccsc1. The van der Waals surface area contributed by atoms with Gasteiger partial charge in [-0.15, -0.1) is 0 Å². The molecule has 1 atom stereocenters. The number of thiophene rings is 1. The van der Waals surface area contributed by atoms with Crippen LogP contribution in [0.3, 0.4) is 0 Å². The molecule has 0 fully saturated rings. The van der Waals surface area contributed by atoms with E-state index in [-0.39, 0.29) is 6.04 Å². The van der Waals surface area contributed by atoms with Crippen LogP contribution in [-0.4, -0.2) is 6.04 Å². The largest absolute Gasteiger partial charge is 0.489 e. The molecule has 1 aromatic heterocycles. The molecule has 0 aliphatic rings. The fraction of sp³-hybridized carbons (Fsp3) is 0.333. The van der Waals surface area contributed by atoms with E-state index in [9.17, 15) is 0 Å². The highest BCUT2D eigenvalue weighted by molar-refractivity contribution is 7.07. The monoisotopic (exact) mass is 295 g/mol. The van der Waals surface area contributed by atoms with Gasteiger partial charge in [-0.1, -0.05) is 18.5 Å². The first-order valence-electron chi connectivity index (χ1n) is 6.37. The maximum atomic E-state index is 6.05. The predicted molar refractivity (Wildman–Crippen MR) is 82.1 cm³/mol. The molecule has 2 nitrogen and oxygen atoms in total.